The zero-order valence-electron chi connectivity index (χ0n) is 11.7. The highest BCUT2D eigenvalue weighted by Crippen LogP contribution is 2.32. The lowest BCUT2D eigenvalue weighted by molar-refractivity contribution is 0.416. The third kappa shape index (κ3) is 1.90. The zero-order chi connectivity index (χ0) is 15.1. The predicted molar refractivity (Wildman–Crippen MR) is 85.3 cm³/mol. The molecule has 2 aromatic heterocycles. The van der Waals surface area contributed by atoms with Crippen LogP contribution in [0.2, 0.25) is 5.02 Å². The maximum atomic E-state index is 6.10. The number of nitrogens with zero attached hydrogens (tertiary/aromatic N) is 4. The number of fused-ring (bicyclic) bond motifs is 3. The Balaban J connectivity index is 2.05. The van der Waals surface area contributed by atoms with Crippen LogP contribution in [0.15, 0.2) is 48.7 Å². The molecule has 0 aliphatic rings. The van der Waals surface area contributed by atoms with E-state index in [2.05, 4.69) is 15.3 Å². The largest absolute Gasteiger partial charge is 0.496 e. The Kier molecular flexibility index (Phi) is 2.94. The highest BCUT2D eigenvalue weighted by molar-refractivity contribution is 6.30. The number of aromatic nitrogens is 4. The van der Waals surface area contributed by atoms with Crippen molar-refractivity contribution in [2.24, 2.45) is 0 Å². The van der Waals surface area contributed by atoms with Crippen LogP contribution in [-0.2, 0) is 0 Å². The lowest BCUT2D eigenvalue weighted by Crippen LogP contribution is -1.97. The lowest BCUT2D eigenvalue weighted by Gasteiger charge is -2.07. The first kappa shape index (κ1) is 13.0. The maximum absolute atomic E-state index is 6.10. The van der Waals surface area contributed by atoms with Crippen molar-refractivity contribution < 1.29 is 4.74 Å². The van der Waals surface area contributed by atoms with Gasteiger partial charge in [-0.2, -0.15) is 9.61 Å². The Bertz CT molecular complexity index is 996. The van der Waals surface area contributed by atoms with Gasteiger partial charge in [-0.05, 0) is 18.2 Å². The fourth-order valence-electron chi connectivity index (χ4n) is 2.51. The van der Waals surface area contributed by atoms with Crippen LogP contribution in [0, 0.1) is 0 Å². The molecule has 0 unspecified atom stereocenters. The molecular weight excluding hydrogens is 300 g/mol. The highest BCUT2D eigenvalue weighted by atomic mass is 35.5. The second-order valence-electron chi connectivity index (χ2n) is 4.84. The first-order chi connectivity index (χ1) is 10.8. The van der Waals surface area contributed by atoms with Gasteiger partial charge in [0.05, 0.1) is 18.9 Å². The van der Waals surface area contributed by atoms with Crippen LogP contribution in [0.3, 0.4) is 0 Å². The normalized spacial score (nSPS) is 11.2. The first-order valence-electron chi connectivity index (χ1n) is 6.71. The van der Waals surface area contributed by atoms with Crippen molar-refractivity contribution in [1.29, 1.82) is 0 Å². The molecule has 0 aliphatic heterocycles. The lowest BCUT2D eigenvalue weighted by atomic mass is 10.2. The number of ether oxygens (including phenoxy) is 1. The van der Waals surface area contributed by atoms with Gasteiger partial charge in [0.25, 0.3) is 0 Å². The summed E-state index contributed by atoms with van der Waals surface area (Å²) in [5, 5.41) is 15.6. The van der Waals surface area contributed by atoms with Crippen LogP contribution >= 0.6 is 11.6 Å². The fourth-order valence-corrected chi connectivity index (χ4v) is 2.69. The molecule has 0 radical (unpaired) electrons. The Morgan fingerprint density at radius 3 is 2.82 bits per heavy atom. The Morgan fingerprint density at radius 1 is 1.09 bits per heavy atom. The van der Waals surface area contributed by atoms with E-state index >= 15 is 0 Å². The molecule has 5 nitrogen and oxygen atoms in total. The minimum atomic E-state index is 0.597. The van der Waals surface area contributed by atoms with Gasteiger partial charge in [0, 0.05) is 15.8 Å². The molecule has 0 aliphatic carbocycles. The number of hydrogen-bond acceptors (Lipinski definition) is 4. The van der Waals surface area contributed by atoms with E-state index in [1.165, 1.54) is 0 Å². The molecule has 0 saturated heterocycles. The van der Waals surface area contributed by atoms with E-state index in [1.807, 2.05) is 24.3 Å². The second-order valence-corrected chi connectivity index (χ2v) is 5.27. The maximum Gasteiger partial charge on any atom is 0.189 e. The Hall–Kier alpha value is -2.66. The number of hydrogen-bond donors (Lipinski definition) is 0. The summed E-state index contributed by atoms with van der Waals surface area (Å²) in [4.78, 5) is 0. The van der Waals surface area contributed by atoms with E-state index in [-0.39, 0.29) is 0 Å². The van der Waals surface area contributed by atoms with Gasteiger partial charge in [0.15, 0.2) is 11.5 Å². The fraction of sp³-hybridized carbons (Fsp3) is 0.0625. The van der Waals surface area contributed by atoms with Gasteiger partial charge in [0.1, 0.15) is 5.75 Å². The summed E-state index contributed by atoms with van der Waals surface area (Å²) in [5.74, 6) is 1.27. The molecule has 4 aromatic rings. The van der Waals surface area contributed by atoms with Gasteiger partial charge in [-0.15, -0.1) is 10.2 Å². The van der Waals surface area contributed by atoms with E-state index in [4.69, 9.17) is 16.3 Å². The van der Waals surface area contributed by atoms with Gasteiger partial charge in [-0.25, -0.2) is 0 Å². The number of halogens is 1. The molecule has 0 amide bonds. The monoisotopic (exact) mass is 310 g/mol. The minimum absolute atomic E-state index is 0.597. The predicted octanol–water partition coefficient (Wildman–Crippen LogP) is 3.61. The molecule has 108 valence electrons. The summed E-state index contributed by atoms with van der Waals surface area (Å²) in [7, 11) is 1.61. The van der Waals surface area contributed by atoms with Gasteiger partial charge >= 0.3 is 0 Å². The molecule has 0 atom stereocenters. The minimum Gasteiger partial charge on any atom is -0.496 e. The van der Waals surface area contributed by atoms with E-state index < -0.39 is 0 Å². The molecule has 6 heteroatoms. The van der Waals surface area contributed by atoms with Gasteiger partial charge < -0.3 is 4.74 Å². The van der Waals surface area contributed by atoms with E-state index in [0.29, 0.717) is 22.2 Å². The van der Waals surface area contributed by atoms with Crippen LogP contribution in [0.1, 0.15) is 0 Å². The highest BCUT2D eigenvalue weighted by Gasteiger charge is 2.16. The van der Waals surface area contributed by atoms with Gasteiger partial charge in [-0.3, -0.25) is 0 Å². The molecule has 0 bridgehead atoms. The van der Waals surface area contributed by atoms with Crippen molar-refractivity contribution in [3.8, 4) is 17.1 Å². The average molecular weight is 311 g/mol. The first-order valence-corrected chi connectivity index (χ1v) is 7.09. The van der Waals surface area contributed by atoms with Crippen LogP contribution in [0.4, 0.5) is 0 Å². The smallest absolute Gasteiger partial charge is 0.189 e. The molecular formula is C16H11ClN4O. The second kappa shape index (κ2) is 4.96. The van der Waals surface area contributed by atoms with Crippen molar-refractivity contribution >= 4 is 28.0 Å². The van der Waals surface area contributed by atoms with E-state index in [9.17, 15) is 0 Å². The van der Waals surface area contributed by atoms with Crippen LogP contribution in [-0.4, -0.2) is 26.9 Å². The third-order valence-corrected chi connectivity index (χ3v) is 3.79. The summed E-state index contributed by atoms with van der Waals surface area (Å²) in [5.41, 5.74) is 1.46. The molecule has 2 heterocycles. The summed E-state index contributed by atoms with van der Waals surface area (Å²) in [6.07, 6.45) is 1.80. The molecule has 0 fully saturated rings. The standard InChI is InChI=1S/C16H11ClN4O/c1-22-14-7-6-11(17)8-13(14)16-20-19-15-12-5-3-2-4-10(12)9-18-21(15)16/h2-9H,1H3. The molecule has 0 N–H and O–H groups in total. The van der Waals surface area contributed by atoms with Crippen LogP contribution in [0.25, 0.3) is 27.8 Å². The van der Waals surface area contributed by atoms with Gasteiger partial charge in [-0.1, -0.05) is 35.9 Å². The Labute approximate surface area is 131 Å². The number of rotatable bonds is 2. The summed E-state index contributed by atoms with van der Waals surface area (Å²) in [6, 6.07) is 13.3. The van der Waals surface area contributed by atoms with E-state index in [1.54, 1.807) is 36.0 Å². The average Bonchev–Trinajstić information content (AvgIpc) is 2.99. The molecule has 4 rings (SSSR count). The molecule has 0 spiro atoms. The van der Waals surface area contributed by atoms with Crippen LogP contribution in [0.5, 0.6) is 5.75 Å². The number of methoxy groups -OCH3 is 1. The van der Waals surface area contributed by atoms with Crippen molar-refractivity contribution in [2.75, 3.05) is 7.11 Å². The number of benzene rings is 2. The topological polar surface area (TPSA) is 52.3 Å². The van der Waals surface area contributed by atoms with Crippen LogP contribution < -0.4 is 4.74 Å². The quantitative estimate of drug-likeness (QED) is 0.567. The molecule has 22 heavy (non-hydrogen) atoms. The van der Waals surface area contributed by atoms with Crippen molar-refractivity contribution in [3.63, 3.8) is 0 Å². The molecule has 2 aromatic carbocycles. The summed E-state index contributed by atoms with van der Waals surface area (Å²) >= 11 is 6.10. The third-order valence-electron chi connectivity index (χ3n) is 3.56. The van der Waals surface area contributed by atoms with Crippen molar-refractivity contribution in [3.05, 3.63) is 53.7 Å². The molecule has 0 saturated carbocycles. The van der Waals surface area contributed by atoms with Gasteiger partial charge in [0.2, 0.25) is 0 Å². The SMILES string of the molecule is COc1ccc(Cl)cc1-c1nnc2c3ccccc3cnn12. The Morgan fingerprint density at radius 2 is 1.95 bits per heavy atom. The summed E-state index contributed by atoms with van der Waals surface area (Å²) < 4.78 is 7.10. The van der Waals surface area contributed by atoms with Crippen molar-refractivity contribution in [1.82, 2.24) is 19.8 Å². The zero-order valence-corrected chi connectivity index (χ0v) is 12.4. The van der Waals surface area contributed by atoms with Crippen molar-refractivity contribution in [2.45, 2.75) is 0 Å². The summed E-state index contributed by atoms with van der Waals surface area (Å²) in [6.45, 7) is 0. The van der Waals surface area contributed by atoms with E-state index in [0.717, 1.165) is 16.3 Å².